The number of halogens is 2. The van der Waals surface area contributed by atoms with Gasteiger partial charge in [0, 0.05) is 10.6 Å². The van der Waals surface area contributed by atoms with Crippen molar-refractivity contribution in [1.29, 1.82) is 0 Å². The molecule has 0 radical (unpaired) electrons. The Hall–Kier alpha value is -1.88. The molecule has 0 bridgehead atoms. The first kappa shape index (κ1) is 14.1. The fraction of sp³-hybridized carbons (Fsp3) is 0.0667. The lowest BCUT2D eigenvalue weighted by atomic mass is 10.1. The molecular weight excluding hydrogens is 309 g/mol. The Labute approximate surface area is 131 Å². The van der Waals surface area contributed by atoms with E-state index < -0.39 is 6.04 Å². The van der Waals surface area contributed by atoms with Gasteiger partial charge in [-0.3, -0.25) is 0 Å². The molecule has 0 aliphatic carbocycles. The lowest BCUT2D eigenvalue weighted by molar-refractivity contribution is 0.367. The van der Waals surface area contributed by atoms with Crippen LogP contribution in [-0.4, -0.2) is 10.1 Å². The van der Waals surface area contributed by atoms with Crippen LogP contribution in [0.3, 0.4) is 0 Å². The van der Waals surface area contributed by atoms with E-state index in [0.717, 1.165) is 5.56 Å². The van der Waals surface area contributed by atoms with Gasteiger partial charge in [-0.1, -0.05) is 58.7 Å². The van der Waals surface area contributed by atoms with Crippen LogP contribution < -0.4 is 5.73 Å². The summed E-state index contributed by atoms with van der Waals surface area (Å²) in [5.41, 5.74) is 7.56. The van der Waals surface area contributed by atoms with Gasteiger partial charge in [0.15, 0.2) is 0 Å². The second-order valence-corrected chi connectivity index (χ2v) is 5.25. The molecule has 0 saturated heterocycles. The maximum atomic E-state index is 6.13. The standard InChI is InChI=1S/C15H11Cl2N3O/c16-11-7-3-1-5-9(11)13(18)15-19-14(20-21-15)10-6-2-4-8-12(10)17/h1-8,13H,18H2/t13-/m1/s1. The fourth-order valence-corrected chi connectivity index (χ4v) is 2.45. The monoisotopic (exact) mass is 319 g/mol. The van der Waals surface area contributed by atoms with Crippen LogP contribution in [0.5, 0.6) is 0 Å². The molecule has 21 heavy (non-hydrogen) atoms. The highest BCUT2D eigenvalue weighted by Gasteiger charge is 2.20. The molecular formula is C15H11Cl2N3O. The molecule has 2 N–H and O–H groups in total. The highest BCUT2D eigenvalue weighted by atomic mass is 35.5. The van der Waals surface area contributed by atoms with Crippen molar-refractivity contribution in [3.63, 3.8) is 0 Å². The van der Waals surface area contributed by atoms with Gasteiger partial charge in [-0.15, -0.1) is 0 Å². The van der Waals surface area contributed by atoms with Crippen molar-refractivity contribution in [1.82, 2.24) is 10.1 Å². The number of hydrogen-bond acceptors (Lipinski definition) is 4. The van der Waals surface area contributed by atoms with E-state index in [1.807, 2.05) is 36.4 Å². The Morgan fingerprint density at radius 2 is 1.62 bits per heavy atom. The van der Waals surface area contributed by atoms with E-state index in [0.29, 0.717) is 21.4 Å². The number of nitrogens with zero attached hydrogens (tertiary/aromatic N) is 2. The van der Waals surface area contributed by atoms with Gasteiger partial charge in [0.1, 0.15) is 6.04 Å². The molecule has 0 saturated carbocycles. The molecule has 0 spiro atoms. The summed E-state index contributed by atoms with van der Waals surface area (Å²) in [6.07, 6.45) is 0. The van der Waals surface area contributed by atoms with Crippen LogP contribution >= 0.6 is 23.2 Å². The van der Waals surface area contributed by atoms with E-state index in [1.54, 1.807) is 12.1 Å². The minimum atomic E-state index is -0.581. The van der Waals surface area contributed by atoms with Gasteiger partial charge in [0.05, 0.1) is 5.02 Å². The first-order valence-electron chi connectivity index (χ1n) is 6.25. The largest absolute Gasteiger partial charge is 0.337 e. The second kappa shape index (κ2) is 5.85. The first-order valence-corrected chi connectivity index (χ1v) is 7.01. The minimum Gasteiger partial charge on any atom is -0.337 e. The van der Waals surface area contributed by atoms with Crippen LogP contribution in [0.4, 0.5) is 0 Å². The zero-order valence-electron chi connectivity index (χ0n) is 10.8. The summed E-state index contributed by atoms with van der Waals surface area (Å²) < 4.78 is 5.24. The summed E-state index contributed by atoms with van der Waals surface area (Å²) in [5.74, 6) is 0.691. The molecule has 1 atom stereocenters. The van der Waals surface area contributed by atoms with Gasteiger partial charge in [-0.2, -0.15) is 4.98 Å². The second-order valence-electron chi connectivity index (χ2n) is 4.44. The van der Waals surface area contributed by atoms with Crippen molar-refractivity contribution >= 4 is 23.2 Å². The highest BCUT2D eigenvalue weighted by molar-refractivity contribution is 6.33. The maximum absolute atomic E-state index is 6.13. The van der Waals surface area contributed by atoms with Crippen LogP contribution in [0, 0.1) is 0 Å². The van der Waals surface area contributed by atoms with Gasteiger partial charge in [0.2, 0.25) is 11.7 Å². The van der Waals surface area contributed by atoms with Crippen molar-refractivity contribution in [2.45, 2.75) is 6.04 Å². The van der Waals surface area contributed by atoms with E-state index >= 15 is 0 Å². The zero-order valence-corrected chi connectivity index (χ0v) is 12.3. The molecule has 0 aliphatic rings. The van der Waals surface area contributed by atoms with E-state index in [9.17, 15) is 0 Å². The molecule has 4 nitrogen and oxygen atoms in total. The summed E-state index contributed by atoms with van der Waals surface area (Å²) in [4.78, 5) is 4.31. The summed E-state index contributed by atoms with van der Waals surface area (Å²) >= 11 is 12.2. The van der Waals surface area contributed by atoms with Gasteiger partial charge in [-0.05, 0) is 23.8 Å². The summed E-state index contributed by atoms with van der Waals surface area (Å²) in [5, 5.41) is 5.04. The van der Waals surface area contributed by atoms with Gasteiger partial charge >= 0.3 is 0 Å². The maximum Gasteiger partial charge on any atom is 0.248 e. The fourth-order valence-electron chi connectivity index (χ4n) is 1.97. The lowest BCUT2D eigenvalue weighted by Gasteiger charge is -2.08. The zero-order chi connectivity index (χ0) is 14.8. The molecule has 2 aromatic carbocycles. The predicted molar refractivity (Wildman–Crippen MR) is 82.2 cm³/mol. The van der Waals surface area contributed by atoms with Gasteiger partial charge < -0.3 is 10.3 Å². The van der Waals surface area contributed by atoms with Crippen molar-refractivity contribution in [2.75, 3.05) is 0 Å². The third kappa shape index (κ3) is 2.78. The quantitative estimate of drug-likeness (QED) is 0.789. The molecule has 1 aromatic heterocycles. The van der Waals surface area contributed by atoms with Crippen LogP contribution in [-0.2, 0) is 0 Å². The molecule has 1 heterocycles. The minimum absolute atomic E-state index is 0.290. The van der Waals surface area contributed by atoms with Gasteiger partial charge in [0.25, 0.3) is 0 Å². The van der Waals surface area contributed by atoms with Crippen molar-refractivity contribution in [2.24, 2.45) is 5.73 Å². The highest BCUT2D eigenvalue weighted by Crippen LogP contribution is 2.29. The molecule has 6 heteroatoms. The van der Waals surface area contributed by atoms with Crippen molar-refractivity contribution in [3.05, 3.63) is 70.0 Å². The third-order valence-electron chi connectivity index (χ3n) is 3.06. The Morgan fingerprint density at radius 1 is 0.952 bits per heavy atom. The molecule has 106 valence electrons. The molecule has 3 rings (SSSR count). The molecule has 0 amide bonds. The molecule has 0 aliphatic heterocycles. The average Bonchev–Trinajstić information content (AvgIpc) is 2.97. The number of rotatable bonds is 3. The Morgan fingerprint density at radius 3 is 2.33 bits per heavy atom. The van der Waals surface area contributed by atoms with Crippen LogP contribution in [0.2, 0.25) is 10.0 Å². The summed E-state index contributed by atoms with van der Waals surface area (Å²) in [6.45, 7) is 0. The predicted octanol–water partition coefficient (Wildman–Crippen LogP) is 4.09. The molecule has 0 unspecified atom stereocenters. The van der Waals surface area contributed by atoms with Crippen LogP contribution in [0.15, 0.2) is 53.1 Å². The van der Waals surface area contributed by atoms with E-state index in [1.165, 1.54) is 0 Å². The SMILES string of the molecule is N[C@@H](c1nc(-c2ccccc2Cl)no1)c1ccccc1Cl. The van der Waals surface area contributed by atoms with Gasteiger partial charge in [-0.25, -0.2) is 0 Å². The number of hydrogen-bond donors (Lipinski definition) is 1. The van der Waals surface area contributed by atoms with Crippen molar-refractivity contribution in [3.8, 4) is 11.4 Å². The number of benzene rings is 2. The number of aromatic nitrogens is 2. The first-order chi connectivity index (χ1) is 10.2. The Bertz CT molecular complexity index is 773. The van der Waals surface area contributed by atoms with E-state index in [2.05, 4.69) is 10.1 Å². The number of nitrogens with two attached hydrogens (primary N) is 1. The Balaban J connectivity index is 1.96. The average molecular weight is 320 g/mol. The third-order valence-corrected chi connectivity index (χ3v) is 3.74. The molecule has 0 fully saturated rings. The van der Waals surface area contributed by atoms with E-state index in [4.69, 9.17) is 33.5 Å². The summed E-state index contributed by atoms with van der Waals surface area (Å²) in [6, 6.07) is 14.0. The van der Waals surface area contributed by atoms with Crippen LogP contribution in [0.25, 0.3) is 11.4 Å². The smallest absolute Gasteiger partial charge is 0.248 e. The topological polar surface area (TPSA) is 64.9 Å². The lowest BCUT2D eigenvalue weighted by Crippen LogP contribution is -2.12. The van der Waals surface area contributed by atoms with Crippen LogP contribution in [0.1, 0.15) is 17.5 Å². The van der Waals surface area contributed by atoms with Crippen molar-refractivity contribution < 1.29 is 4.52 Å². The summed E-state index contributed by atoms with van der Waals surface area (Å²) in [7, 11) is 0. The Kier molecular flexibility index (Phi) is 3.92. The molecule has 3 aromatic rings. The normalized spacial score (nSPS) is 12.3. The van der Waals surface area contributed by atoms with E-state index in [-0.39, 0.29) is 5.89 Å².